The van der Waals surface area contributed by atoms with E-state index in [1.165, 1.54) is 76.3 Å². The third-order valence-electron chi connectivity index (χ3n) is 21.9. The molecule has 0 N–H and O–H groups in total. The summed E-state index contributed by atoms with van der Waals surface area (Å²) >= 11 is 0. The van der Waals surface area contributed by atoms with E-state index in [0.29, 0.717) is 5.69 Å². The second-order valence-corrected chi connectivity index (χ2v) is 57.1. The molecule has 10 heterocycles. The van der Waals surface area contributed by atoms with Crippen LogP contribution in [0.1, 0.15) is 39.2 Å². The van der Waals surface area contributed by atoms with E-state index < -0.39 is 44.2 Å². The Labute approximate surface area is 885 Å². The predicted molar refractivity (Wildman–Crippen MR) is 570 cm³/mol. The van der Waals surface area contributed by atoms with Gasteiger partial charge in [-0.3, -0.25) is 4.98 Å². The Morgan fingerprint density at radius 3 is 0.957 bits per heavy atom. The molecule has 19 rings (SSSR count). The van der Waals surface area contributed by atoms with Crippen molar-refractivity contribution in [1.82, 2.24) is 49.8 Å². The zero-order chi connectivity index (χ0) is 96.9. The van der Waals surface area contributed by atoms with Crippen molar-refractivity contribution in [1.29, 1.82) is 0 Å². The van der Waals surface area contributed by atoms with E-state index in [1.54, 1.807) is 36.8 Å². The van der Waals surface area contributed by atoms with E-state index in [4.69, 9.17) is 4.74 Å². The van der Waals surface area contributed by atoms with Crippen LogP contribution >= 0.6 is 0 Å². The van der Waals surface area contributed by atoms with Gasteiger partial charge in [0.15, 0.2) is 0 Å². The van der Waals surface area contributed by atoms with Crippen molar-refractivity contribution < 1.29 is 93.9 Å². The molecule has 0 aliphatic heterocycles. The molecule has 720 valence electrons. The van der Waals surface area contributed by atoms with Gasteiger partial charge in [-0.25, -0.2) is 8.78 Å². The number of para-hydroxylation sites is 1. The number of benzene rings is 9. The minimum atomic E-state index is -1.36. The van der Waals surface area contributed by atoms with Crippen molar-refractivity contribution >= 4 is 74.6 Å². The fraction of sp³-hybridized carbons (Fsp3) is 0.160. The molecule has 0 spiro atoms. The van der Waals surface area contributed by atoms with Crippen LogP contribution in [0, 0.1) is 109 Å². The number of aryl methyl sites for hydroxylation is 7. The Morgan fingerprint density at radius 1 is 0.257 bits per heavy atom. The molecule has 0 fully saturated rings. The third-order valence-corrected chi connectivity index (χ3v) is 30.4. The average Bonchev–Trinajstić information content (AvgIpc) is 0.802. The summed E-state index contributed by atoms with van der Waals surface area (Å²) in [6, 6.07) is 122. The Morgan fingerprint density at radius 2 is 0.600 bits per heavy atom. The van der Waals surface area contributed by atoms with E-state index >= 15 is 0 Å². The molecule has 11 nitrogen and oxygen atoms in total. The summed E-state index contributed by atoms with van der Waals surface area (Å²) in [6.45, 7) is 43.1. The van der Waals surface area contributed by atoms with Gasteiger partial charge in [0.25, 0.3) is 0 Å². The first-order valence-electron chi connectivity index (χ1n) is 45.3. The van der Waals surface area contributed by atoms with Crippen LogP contribution in [0.5, 0.6) is 11.5 Å². The first-order valence-corrected chi connectivity index (χ1v) is 59.3. The molecule has 0 saturated carbocycles. The average molecular weight is 2620 g/mol. The van der Waals surface area contributed by atoms with Crippen molar-refractivity contribution in [3.63, 3.8) is 0 Å². The first-order chi connectivity index (χ1) is 65.2. The number of pyridine rings is 10. The van der Waals surface area contributed by atoms with Crippen molar-refractivity contribution in [2.75, 3.05) is 0 Å². The van der Waals surface area contributed by atoms with E-state index in [9.17, 15) is 8.78 Å². The number of ether oxygens (including phenoxy) is 1. The maximum absolute atomic E-state index is 13.1. The van der Waals surface area contributed by atoms with Gasteiger partial charge in [-0.2, -0.15) is 0 Å². The van der Waals surface area contributed by atoms with Crippen LogP contribution in [0.4, 0.5) is 8.78 Å². The number of aromatic nitrogens is 10. The van der Waals surface area contributed by atoms with Gasteiger partial charge in [0.1, 0.15) is 17.6 Å². The first kappa shape index (κ1) is 113. The molecule has 21 heteroatoms. The summed E-state index contributed by atoms with van der Waals surface area (Å²) in [5, 5.41) is 10.6. The summed E-state index contributed by atoms with van der Waals surface area (Å²) in [7, 11) is -5.28. The van der Waals surface area contributed by atoms with Crippen molar-refractivity contribution in [3.05, 3.63) is 446 Å². The van der Waals surface area contributed by atoms with Crippen molar-refractivity contribution in [2.45, 2.75) is 127 Å². The van der Waals surface area contributed by atoms with E-state index in [0.717, 1.165) is 108 Å². The van der Waals surface area contributed by atoms with E-state index in [-0.39, 0.29) is 86.0 Å². The van der Waals surface area contributed by atoms with E-state index in [2.05, 4.69) is 327 Å². The molecule has 9 aromatic carbocycles. The number of hydrogen-bond donors (Lipinski definition) is 0. The Bertz CT molecular complexity index is 6740. The van der Waals surface area contributed by atoms with Gasteiger partial charge in [0, 0.05) is 136 Å². The second-order valence-electron chi connectivity index (χ2n) is 36.9. The largest absolute Gasteiger partial charge is 0.477 e. The number of rotatable bonds is 14. The minimum absolute atomic E-state index is 0. The van der Waals surface area contributed by atoms with Crippen LogP contribution in [-0.2, 0) is 80.4 Å². The van der Waals surface area contributed by atoms with Gasteiger partial charge in [-0.05, 0) is 142 Å². The topological polar surface area (TPSA) is 138 Å². The number of hydrogen-bond acceptors (Lipinski definition) is 11. The number of fused-ring (bicyclic) bond motifs is 2. The van der Waals surface area contributed by atoms with Crippen molar-refractivity contribution in [3.8, 4) is 102 Å². The summed E-state index contributed by atoms with van der Waals surface area (Å²) < 4.78 is 31.5. The van der Waals surface area contributed by atoms with E-state index in [1.807, 2.05) is 196 Å². The molecule has 4 radical (unpaired) electrons. The SMILES string of the molecule is Cc1c[c-]c(-c2ccccn2)c(C)n1.Cc1cc(-c2[c-]cc3ccccc3c2)ncc1[Si](C)(C)C.Cc1cc(-c2[c-]cc3ccccc3c2)ncc1[Si](C)(C)C.Cc1cc(-c2[c-]ccc(Oc3ccccc3)c2)ncc1[Si](C)(C)C.Cc1cc[c-]c(-c2cc(C)c([Si](C)(C)C)cn2)c1.Fc1c[c-]c(-c2ccccn2)c(F)n1.[Ir].[Ir].[Ir].[Ir].[c-]1ccccc1-c1ccccn1.[c-]1ccccc1-c1ccccn1. The summed E-state index contributed by atoms with van der Waals surface area (Å²) in [5.74, 6) is -0.164. The van der Waals surface area contributed by atoms with Crippen LogP contribution in [0.15, 0.2) is 347 Å². The molecular formula is C119H114F2Ir4N10OSi4-8. The summed E-state index contributed by atoms with van der Waals surface area (Å²) in [5.41, 5.74) is 23.1. The van der Waals surface area contributed by atoms with Crippen LogP contribution in [0.3, 0.4) is 0 Å². The Hall–Kier alpha value is -11.9. The van der Waals surface area contributed by atoms with Gasteiger partial charge < -0.3 is 49.6 Å². The molecule has 0 aliphatic carbocycles. The summed E-state index contributed by atoms with van der Waals surface area (Å²) in [4.78, 5) is 42.7. The zero-order valence-corrected chi connectivity index (χ0v) is 96.0. The molecule has 0 bridgehead atoms. The van der Waals surface area contributed by atoms with Gasteiger partial charge in [0.2, 0.25) is 0 Å². The molecule has 0 unspecified atom stereocenters. The fourth-order valence-corrected chi connectivity index (χ4v) is 22.0. The molecule has 19 aromatic rings. The predicted octanol–water partition coefficient (Wildman–Crippen LogP) is 27.9. The Balaban J connectivity index is 0.000000197. The molecule has 0 atom stereocenters. The quantitative estimate of drug-likeness (QED) is 0.0584. The minimum Gasteiger partial charge on any atom is -0.477 e. The molecule has 0 aliphatic rings. The molecule has 0 saturated heterocycles. The molecular weight excluding hydrogens is 2500 g/mol. The maximum atomic E-state index is 13.1. The molecule has 140 heavy (non-hydrogen) atoms. The second kappa shape index (κ2) is 54.2. The van der Waals surface area contributed by atoms with Gasteiger partial charge >= 0.3 is 0 Å². The van der Waals surface area contributed by atoms with Gasteiger partial charge in [0.05, 0.1) is 32.3 Å². The van der Waals surface area contributed by atoms with Gasteiger partial charge in [-0.15, -0.1) is 219 Å². The number of nitrogens with zero attached hydrogens (tertiary/aromatic N) is 10. The molecule has 0 amide bonds. The van der Waals surface area contributed by atoms with Crippen LogP contribution in [0.25, 0.3) is 112 Å². The standard InChI is InChI=1S/C21H22NOSi.2C19H20NSi.C16H20NSi.C12H11N2.2C11H8N.C10H5F2N2.4Ir/c1-16-13-20(22-15-21(16)24(2,3)4)17-9-8-12-19(14-17)23-18-10-6-5-7-11-18;2*1-14-11-18(20-13-19(14)21(2,3)4)17-10-9-15-7-5-6-8-16(15)12-17;1-12-7-6-8-14(9-12)15-10-13(2)16(11-17-15)18(3,4)5;1-9-6-7-11(10(2)14-9)12-5-3-4-8-13-12;2*1-2-6-10(7-3-1)11-8-4-5-9-12-11;11-9-5-4-7(10(12)14-9)8-3-1-2-6-13-8;;;;/h5-8,10-15H,1-4H3;2*5-9,11-13H,1-4H3;6-7,9-11H,1-5H3;3-6,8H,1-2H3;2*1-6,8-9H;1-3,5-6H;;;;/q8*-1;;;;. The van der Waals surface area contributed by atoms with Crippen LogP contribution in [0.2, 0.25) is 78.6 Å². The monoisotopic (exact) mass is 2620 g/mol. The third kappa shape index (κ3) is 33.7. The normalized spacial score (nSPS) is 10.7. The molecule has 10 aromatic heterocycles. The maximum Gasteiger partial charge on any atom is 0.128 e. The smallest absolute Gasteiger partial charge is 0.128 e. The van der Waals surface area contributed by atoms with Crippen molar-refractivity contribution in [2.24, 2.45) is 0 Å². The fourth-order valence-electron chi connectivity index (χ4n) is 15.1. The summed E-state index contributed by atoms with van der Waals surface area (Å²) in [6.07, 6.45) is 15.1. The van der Waals surface area contributed by atoms with Crippen LogP contribution in [-0.4, -0.2) is 82.1 Å². The zero-order valence-electron chi connectivity index (χ0n) is 82.4. The van der Waals surface area contributed by atoms with Gasteiger partial charge in [-0.1, -0.05) is 284 Å². The number of halogens is 2. The Kier molecular flexibility index (Phi) is 43.9. The van der Waals surface area contributed by atoms with Crippen LogP contribution < -0.4 is 25.5 Å².